The first-order valence-electron chi connectivity index (χ1n) is 6.15. The number of anilines is 1. The number of aromatic nitrogens is 2. The highest BCUT2D eigenvalue weighted by Gasteiger charge is 2.24. The summed E-state index contributed by atoms with van der Waals surface area (Å²) in [6.45, 7) is 8.08. The Labute approximate surface area is 103 Å². The molecule has 0 saturated carbocycles. The predicted octanol–water partition coefficient (Wildman–Crippen LogP) is 2.32. The minimum atomic E-state index is 0.0444. The summed E-state index contributed by atoms with van der Waals surface area (Å²) in [6.07, 6.45) is 1.02. The topological polar surface area (TPSA) is 47.0 Å². The molecule has 0 aliphatic carbocycles. The van der Waals surface area contributed by atoms with Gasteiger partial charge < -0.3 is 10.1 Å². The molecular formula is C13H21N3O. The van der Waals surface area contributed by atoms with Gasteiger partial charge in [0, 0.05) is 31.1 Å². The van der Waals surface area contributed by atoms with Crippen molar-refractivity contribution >= 4 is 5.82 Å². The van der Waals surface area contributed by atoms with E-state index in [2.05, 4.69) is 31.1 Å². The Morgan fingerprint density at radius 1 is 1.35 bits per heavy atom. The van der Waals surface area contributed by atoms with E-state index in [1.807, 2.05) is 13.1 Å². The Morgan fingerprint density at radius 3 is 2.65 bits per heavy atom. The molecule has 94 valence electrons. The quantitative estimate of drug-likeness (QED) is 0.854. The third kappa shape index (κ3) is 2.75. The summed E-state index contributed by atoms with van der Waals surface area (Å²) in [7, 11) is 1.89. The molecule has 0 spiro atoms. The van der Waals surface area contributed by atoms with Crippen LogP contribution in [0.15, 0.2) is 6.07 Å². The third-order valence-electron chi connectivity index (χ3n) is 3.06. The van der Waals surface area contributed by atoms with E-state index in [0.717, 1.165) is 37.0 Å². The first kappa shape index (κ1) is 12.3. The smallest absolute Gasteiger partial charge is 0.136 e. The number of hydrogen-bond acceptors (Lipinski definition) is 4. The molecule has 0 amide bonds. The highest BCUT2D eigenvalue weighted by atomic mass is 16.5. The van der Waals surface area contributed by atoms with E-state index in [0.29, 0.717) is 5.92 Å². The molecule has 0 aromatic carbocycles. The van der Waals surface area contributed by atoms with Gasteiger partial charge in [0.1, 0.15) is 11.6 Å². The van der Waals surface area contributed by atoms with Gasteiger partial charge in [-0.1, -0.05) is 20.8 Å². The van der Waals surface area contributed by atoms with Crippen molar-refractivity contribution in [3.63, 3.8) is 0 Å². The SMILES string of the molecule is CNc1cc(C(C)(C)C)nc(C2CCOC2)n1. The Hall–Kier alpha value is -1.16. The van der Waals surface area contributed by atoms with Gasteiger partial charge in [0.2, 0.25) is 0 Å². The molecule has 1 aliphatic rings. The molecule has 1 fully saturated rings. The van der Waals surface area contributed by atoms with E-state index in [1.165, 1.54) is 0 Å². The zero-order chi connectivity index (χ0) is 12.5. The van der Waals surface area contributed by atoms with E-state index in [1.54, 1.807) is 0 Å². The van der Waals surface area contributed by atoms with Gasteiger partial charge in [-0.15, -0.1) is 0 Å². The van der Waals surface area contributed by atoms with Crippen LogP contribution in [0.4, 0.5) is 5.82 Å². The van der Waals surface area contributed by atoms with E-state index >= 15 is 0 Å². The van der Waals surface area contributed by atoms with Crippen molar-refractivity contribution < 1.29 is 4.74 Å². The lowest BCUT2D eigenvalue weighted by Gasteiger charge is -2.20. The monoisotopic (exact) mass is 235 g/mol. The van der Waals surface area contributed by atoms with E-state index in [9.17, 15) is 0 Å². The summed E-state index contributed by atoms with van der Waals surface area (Å²) in [5.41, 5.74) is 1.13. The van der Waals surface area contributed by atoms with Crippen molar-refractivity contribution in [3.8, 4) is 0 Å². The van der Waals surface area contributed by atoms with Gasteiger partial charge in [0.25, 0.3) is 0 Å². The number of rotatable bonds is 2. The third-order valence-corrected chi connectivity index (χ3v) is 3.06. The van der Waals surface area contributed by atoms with Crippen molar-refractivity contribution in [1.82, 2.24) is 9.97 Å². The molecule has 0 bridgehead atoms. The number of hydrogen-bond donors (Lipinski definition) is 1. The first-order valence-corrected chi connectivity index (χ1v) is 6.15. The molecule has 4 heteroatoms. The van der Waals surface area contributed by atoms with Crippen molar-refractivity contribution in [2.24, 2.45) is 0 Å². The van der Waals surface area contributed by atoms with Gasteiger partial charge in [0.15, 0.2) is 0 Å². The zero-order valence-electron chi connectivity index (χ0n) is 11.1. The van der Waals surface area contributed by atoms with Crippen molar-refractivity contribution in [3.05, 3.63) is 17.6 Å². The van der Waals surface area contributed by atoms with Crippen LogP contribution in [-0.4, -0.2) is 30.2 Å². The molecule has 2 heterocycles. The average molecular weight is 235 g/mol. The Bertz CT molecular complexity index is 392. The van der Waals surface area contributed by atoms with Crippen molar-refractivity contribution in [1.29, 1.82) is 0 Å². The molecule has 0 radical (unpaired) electrons. The Balaban J connectivity index is 2.38. The van der Waals surface area contributed by atoms with Crippen LogP contribution in [0.5, 0.6) is 0 Å². The second-order valence-corrected chi connectivity index (χ2v) is 5.56. The van der Waals surface area contributed by atoms with Gasteiger partial charge in [-0.25, -0.2) is 9.97 Å². The molecule has 1 aliphatic heterocycles. The normalized spacial score (nSPS) is 20.6. The lowest BCUT2D eigenvalue weighted by atomic mass is 9.91. The van der Waals surface area contributed by atoms with Crippen LogP contribution >= 0.6 is 0 Å². The second kappa shape index (κ2) is 4.61. The minimum absolute atomic E-state index is 0.0444. The van der Waals surface area contributed by atoms with E-state index in [-0.39, 0.29) is 5.41 Å². The van der Waals surface area contributed by atoms with Crippen molar-refractivity contribution in [2.45, 2.75) is 38.5 Å². The highest BCUT2D eigenvalue weighted by molar-refractivity contribution is 5.37. The van der Waals surface area contributed by atoms with E-state index < -0.39 is 0 Å². The lowest BCUT2D eigenvalue weighted by Crippen LogP contribution is -2.17. The lowest BCUT2D eigenvalue weighted by molar-refractivity contribution is 0.193. The maximum absolute atomic E-state index is 5.41. The molecule has 2 rings (SSSR count). The van der Waals surface area contributed by atoms with Crippen LogP contribution in [0.3, 0.4) is 0 Å². The number of nitrogens with zero attached hydrogens (tertiary/aromatic N) is 2. The standard InChI is InChI=1S/C13H21N3O/c1-13(2,3)10-7-11(14-4)16-12(15-10)9-5-6-17-8-9/h7,9H,5-6,8H2,1-4H3,(H,14,15,16). The Morgan fingerprint density at radius 2 is 2.12 bits per heavy atom. The highest BCUT2D eigenvalue weighted by Crippen LogP contribution is 2.27. The first-order chi connectivity index (χ1) is 8.00. The molecule has 1 saturated heterocycles. The van der Waals surface area contributed by atoms with Gasteiger partial charge in [-0.05, 0) is 6.42 Å². The molecule has 1 unspecified atom stereocenters. The second-order valence-electron chi connectivity index (χ2n) is 5.56. The van der Waals surface area contributed by atoms with Crippen LogP contribution in [-0.2, 0) is 10.2 Å². The zero-order valence-corrected chi connectivity index (χ0v) is 11.1. The maximum atomic E-state index is 5.41. The summed E-state index contributed by atoms with van der Waals surface area (Å²) >= 11 is 0. The van der Waals surface area contributed by atoms with Crippen LogP contribution in [0, 0.1) is 0 Å². The Kier molecular flexibility index (Phi) is 3.33. The molecule has 17 heavy (non-hydrogen) atoms. The van der Waals surface area contributed by atoms with Gasteiger partial charge in [-0.3, -0.25) is 0 Å². The largest absolute Gasteiger partial charge is 0.381 e. The van der Waals surface area contributed by atoms with Crippen LogP contribution in [0.25, 0.3) is 0 Å². The van der Waals surface area contributed by atoms with Crippen LogP contribution < -0.4 is 5.32 Å². The fraction of sp³-hybridized carbons (Fsp3) is 0.692. The van der Waals surface area contributed by atoms with E-state index in [4.69, 9.17) is 9.72 Å². The average Bonchev–Trinajstić information content (AvgIpc) is 2.80. The molecule has 1 atom stereocenters. The number of nitrogens with one attached hydrogen (secondary N) is 1. The summed E-state index contributed by atoms with van der Waals surface area (Å²) in [5.74, 6) is 2.16. The fourth-order valence-electron chi connectivity index (χ4n) is 1.90. The summed E-state index contributed by atoms with van der Waals surface area (Å²) in [5, 5.41) is 3.11. The molecule has 1 aromatic heterocycles. The number of ether oxygens (including phenoxy) is 1. The minimum Gasteiger partial charge on any atom is -0.381 e. The molecular weight excluding hydrogens is 214 g/mol. The summed E-state index contributed by atoms with van der Waals surface area (Å²) in [4.78, 5) is 9.25. The molecule has 4 nitrogen and oxygen atoms in total. The van der Waals surface area contributed by atoms with Gasteiger partial charge in [-0.2, -0.15) is 0 Å². The maximum Gasteiger partial charge on any atom is 0.136 e. The summed E-state index contributed by atoms with van der Waals surface area (Å²) < 4.78 is 5.41. The predicted molar refractivity (Wildman–Crippen MR) is 68.5 cm³/mol. The summed E-state index contributed by atoms with van der Waals surface area (Å²) in [6, 6.07) is 2.03. The molecule has 1 N–H and O–H groups in total. The van der Waals surface area contributed by atoms with Crippen molar-refractivity contribution in [2.75, 3.05) is 25.6 Å². The van der Waals surface area contributed by atoms with Crippen LogP contribution in [0.2, 0.25) is 0 Å². The fourth-order valence-corrected chi connectivity index (χ4v) is 1.90. The van der Waals surface area contributed by atoms with Crippen LogP contribution in [0.1, 0.15) is 44.6 Å². The van der Waals surface area contributed by atoms with Gasteiger partial charge in [0.05, 0.1) is 12.3 Å². The van der Waals surface area contributed by atoms with Gasteiger partial charge >= 0.3 is 0 Å². The molecule has 1 aromatic rings.